The highest BCUT2D eigenvalue weighted by Crippen LogP contribution is 2.34. The van der Waals surface area contributed by atoms with Crippen molar-refractivity contribution in [3.8, 4) is 0 Å². The van der Waals surface area contributed by atoms with E-state index in [1.807, 2.05) is 6.07 Å². The Bertz CT molecular complexity index is 1120. The highest BCUT2D eigenvalue weighted by Gasteiger charge is 2.39. The second-order valence-corrected chi connectivity index (χ2v) is 10.7. The summed E-state index contributed by atoms with van der Waals surface area (Å²) >= 11 is 0. The van der Waals surface area contributed by atoms with Gasteiger partial charge in [-0.15, -0.1) is 0 Å². The first kappa shape index (κ1) is 21.2. The second kappa shape index (κ2) is 8.37. The zero-order valence-electron chi connectivity index (χ0n) is 17.9. The Kier molecular flexibility index (Phi) is 5.54. The van der Waals surface area contributed by atoms with Crippen LogP contribution in [0.1, 0.15) is 37.0 Å². The number of fused-ring (bicyclic) bond motifs is 1. The highest BCUT2D eigenvalue weighted by molar-refractivity contribution is 7.89. The number of rotatable bonds is 5. The molecule has 1 unspecified atom stereocenters. The average Bonchev–Trinajstić information content (AvgIpc) is 3.54. The lowest BCUT2D eigenvalue weighted by atomic mass is 10.1. The minimum atomic E-state index is -3.51. The lowest BCUT2D eigenvalue weighted by molar-refractivity contribution is -0.129. The minimum absolute atomic E-state index is 0.0536. The van der Waals surface area contributed by atoms with E-state index in [1.54, 1.807) is 44.6 Å². The van der Waals surface area contributed by atoms with Gasteiger partial charge in [0.2, 0.25) is 21.8 Å². The van der Waals surface area contributed by atoms with Gasteiger partial charge in [0.25, 0.3) is 0 Å². The first-order valence-corrected chi connectivity index (χ1v) is 12.6. The van der Waals surface area contributed by atoms with Gasteiger partial charge in [-0.1, -0.05) is 6.42 Å². The van der Waals surface area contributed by atoms with Gasteiger partial charge >= 0.3 is 0 Å². The topological polar surface area (TPSA) is 91.1 Å². The SMILES string of the molecule is O=C1CC(C(=O)N2CCc3cc(S(=O)(=O)N4CCCCC4)ccc32)CN1Cc1ccco1. The molecule has 0 aliphatic carbocycles. The summed E-state index contributed by atoms with van der Waals surface area (Å²) in [5.74, 6) is 0.161. The number of benzene rings is 1. The third kappa shape index (κ3) is 3.84. The van der Waals surface area contributed by atoms with Crippen molar-refractivity contribution in [3.05, 3.63) is 47.9 Å². The van der Waals surface area contributed by atoms with Crippen LogP contribution in [0.2, 0.25) is 0 Å². The van der Waals surface area contributed by atoms with Gasteiger partial charge in [0, 0.05) is 38.3 Å². The maximum Gasteiger partial charge on any atom is 0.243 e. The maximum absolute atomic E-state index is 13.2. The molecule has 0 N–H and O–H groups in total. The van der Waals surface area contributed by atoms with Crippen molar-refractivity contribution in [1.29, 1.82) is 0 Å². The summed E-state index contributed by atoms with van der Waals surface area (Å²) in [6, 6.07) is 8.66. The number of hydrogen-bond acceptors (Lipinski definition) is 5. The number of amides is 2. The number of nitrogens with zero attached hydrogens (tertiary/aromatic N) is 3. The Morgan fingerprint density at radius 3 is 2.66 bits per heavy atom. The molecule has 2 saturated heterocycles. The van der Waals surface area contributed by atoms with Crippen molar-refractivity contribution < 1.29 is 22.4 Å². The molecule has 9 heteroatoms. The summed E-state index contributed by atoms with van der Waals surface area (Å²) in [5.41, 5.74) is 1.62. The molecule has 8 nitrogen and oxygen atoms in total. The molecule has 170 valence electrons. The Morgan fingerprint density at radius 1 is 1.09 bits per heavy atom. The first-order valence-electron chi connectivity index (χ1n) is 11.2. The number of furan rings is 1. The Morgan fingerprint density at radius 2 is 1.91 bits per heavy atom. The molecule has 0 saturated carbocycles. The fourth-order valence-corrected chi connectivity index (χ4v) is 6.49. The van der Waals surface area contributed by atoms with E-state index >= 15 is 0 Å². The predicted molar refractivity (Wildman–Crippen MR) is 117 cm³/mol. The standard InChI is InChI=1S/C23H27N3O5S/c27-22-14-18(15-24(22)16-19-5-4-12-31-19)23(28)26-11-8-17-13-20(6-7-21(17)26)32(29,30)25-9-2-1-3-10-25/h4-7,12-13,18H,1-3,8-11,14-16H2. The molecule has 3 aliphatic heterocycles. The van der Waals surface area contributed by atoms with E-state index < -0.39 is 15.9 Å². The van der Waals surface area contributed by atoms with Gasteiger partial charge in [0.1, 0.15) is 5.76 Å². The minimum Gasteiger partial charge on any atom is -0.467 e. The van der Waals surface area contributed by atoms with Crippen LogP contribution in [0.25, 0.3) is 0 Å². The van der Waals surface area contributed by atoms with Crippen LogP contribution >= 0.6 is 0 Å². The van der Waals surface area contributed by atoms with Crippen molar-refractivity contribution in [2.24, 2.45) is 5.92 Å². The molecule has 0 spiro atoms. The van der Waals surface area contributed by atoms with E-state index in [0.29, 0.717) is 49.8 Å². The van der Waals surface area contributed by atoms with Crippen LogP contribution in [0.4, 0.5) is 5.69 Å². The molecule has 3 aliphatic rings. The molecular formula is C23H27N3O5S. The zero-order chi connectivity index (χ0) is 22.3. The van der Waals surface area contributed by atoms with Gasteiger partial charge in [-0.05, 0) is 55.2 Å². The monoisotopic (exact) mass is 457 g/mol. The van der Waals surface area contributed by atoms with Crippen molar-refractivity contribution in [3.63, 3.8) is 0 Å². The van der Waals surface area contributed by atoms with E-state index in [0.717, 1.165) is 30.5 Å². The Labute approximate surface area is 187 Å². The zero-order valence-corrected chi connectivity index (χ0v) is 18.7. The quantitative estimate of drug-likeness (QED) is 0.688. The van der Waals surface area contributed by atoms with Crippen LogP contribution in [-0.4, -0.2) is 55.6 Å². The predicted octanol–water partition coefficient (Wildman–Crippen LogP) is 2.39. The van der Waals surface area contributed by atoms with Crippen LogP contribution in [0.3, 0.4) is 0 Å². The smallest absolute Gasteiger partial charge is 0.243 e. The Hall–Kier alpha value is -2.65. The van der Waals surface area contributed by atoms with E-state index in [2.05, 4.69) is 0 Å². The molecule has 5 rings (SSSR count). The van der Waals surface area contributed by atoms with Crippen molar-refractivity contribution >= 4 is 27.5 Å². The lowest BCUT2D eigenvalue weighted by Crippen LogP contribution is -2.36. The summed E-state index contributed by atoms with van der Waals surface area (Å²) in [6.07, 6.45) is 5.22. The summed E-state index contributed by atoms with van der Waals surface area (Å²) in [4.78, 5) is 29.3. The first-order chi connectivity index (χ1) is 15.4. The van der Waals surface area contributed by atoms with Crippen LogP contribution < -0.4 is 4.90 Å². The number of likely N-dealkylation sites (tertiary alicyclic amines) is 1. The summed E-state index contributed by atoms with van der Waals surface area (Å²) in [6.45, 7) is 2.36. The molecule has 0 radical (unpaired) electrons. The fourth-order valence-electron chi connectivity index (χ4n) is 4.92. The van der Waals surface area contributed by atoms with E-state index in [-0.39, 0.29) is 18.2 Å². The number of piperidine rings is 1. The summed E-state index contributed by atoms with van der Waals surface area (Å²) < 4.78 is 32.9. The molecule has 0 bridgehead atoms. The molecule has 1 atom stereocenters. The number of carbonyl (C=O) groups is 2. The number of sulfonamides is 1. The molecule has 4 heterocycles. The molecular weight excluding hydrogens is 430 g/mol. The van der Waals surface area contributed by atoms with Gasteiger partial charge in [0.15, 0.2) is 0 Å². The van der Waals surface area contributed by atoms with Gasteiger partial charge in [-0.3, -0.25) is 9.59 Å². The van der Waals surface area contributed by atoms with Crippen LogP contribution in [-0.2, 0) is 32.6 Å². The summed E-state index contributed by atoms with van der Waals surface area (Å²) in [5, 5.41) is 0. The largest absolute Gasteiger partial charge is 0.467 e. The molecule has 2 amide bonds. The van der Waals surface area contributed by atoms with Gasteiger partial charge in [-0.2, -0.15) is 4.31 Å². The van der Waals surface area contributed by atoms with Crippen LogP contribution in [0.5, 0.6) is 0 Å². The lowest BCUT2D eigenvalue weighted by Gasteiger charge is -2.26. The number of anilines is 1. The average molecular weight is 458 g/mol. The fraction of sp³-hybridized carbons (Fsp3) is 0.478. The molecule has 1 aromatic carbocycles. The van der Waals surface area contributed by atoms with E-state index in [1.165, 1.54) is 0 Å². The normalized spacial score (nSPS) is 21.9. The van der Waals surface area contributed by atoms with Crippen LogP contribution in [0.15, 0.2) is 45.9 Å². The van der Waals surface area contributed by atoms with Crippen LogP contribution in [0, 0.1) is 5.92 Å². The molecule has 32 heavy (non-hydrogen) atoms. The highest BCUT2D eigenvalue weighted by atomic mass is 32.2. The van der Waals surface area contributed by atoms with Gasteiger partial charge < -0.3 is 14.2 Å². The van der Waals surface area contributed by atoms with Crippen molar-refractivity contribution in [2.45, 2.75) is 43.5 Å². The van der Waals surface area contributed by atoms with Crippen molar-refractivity contribution in [1.82, 2.24) is 9.21 Å². The molecule has 2 fully saturated rings. The third-order valence-electron chi connectivity index (χ3n) is 6.66. The second-order valence-electron chi connectivity index (χ2n) is 8.75. The maximum atomic E-state index is 13.2. The molecule has 2 aromatic rings. The summed E-state index contributed by atoms with van der Waals surface area (Å²) in [7, 11) is -3.51. The Balaban J connectivity index is 1.30. The molecule has 1 aromatic heterocycles. The third-order valence-corrected chi connectivity index (χ3v) is 8.55. The van der Waals surface area contributed by atoms with Gasteiger partial charge in [-0.25, -0.2) is 8.42 Å². The van der Waals surface area contributed by atoms with E-state index in [9.17, 15) is 18.0 Å². The van der Waals surface area contributed by atoms with Gasteiger partial charge in [0.05, 0.1) is 23.6 Å². The van der Waals surface area contributed by atoms with Crippen molar-refractivity contribution in [2.75, 3.05) is 31.1 Å². The van der Waals surface area contributed by atoms with E-state index in [4.69, 9.17) is 4.42 Å². The number of hydrogen-bond donors (Lipinski definition) is 0. The number of carbonyl (C=O) groups excluding carboxylic acids is 2.